The number of ether oxygens (including phenoxy) is 1. The van der Waals surface area contributed by atoms with Crippen LogP contribution in [0.3, 0.4) is 0 Å². The fraction of sp³-hybridized carbons (Fsp3) is 0.500. The first-order valence-corrected chi connectivity index (χ1v) is 6.99. The Kier molecular flexibility index (Phi) is 6.31. The van der Waals surface area contributed by atoms with Gasteiger partial charge in [0.15, 0.2) is 0 Å². The molecule has 106 valence electrons. The average molecular weight is 330 g/mol. The molecule has 0 heterocycles. The van der Waals surface area contributed by atoms with Crippen molar-refractivity contribution in [3.8, 4) is 5.75 Å². The third kappa shape index (κ3) is 4.51. The smallest absolute Gasteiger partial charge is 0.225 e. The summed E-state index contributed by atoms with van der Waals surface area (Å²) in [7, 11) is 1.60. The van der Waals surface area contributed by atoms with Crippen molar-refractivity contribution in [2.45, 2.75) is 20.4 Å². The van der Waals surface area contributed by atoms with Gasteiger partial charge in [-0.15, -0.1) is 0 Å². The molecule has 0 aliphatic heterocycles. The predicted octanol–water partition coefficient (Wildman–Crippen LogP) is 2.34. The van der Waals surface area contributed by atoms with Crippen molar-refractivity contribution in [1.82, 2.24) is 5.32 Å². The van der Waals surface area contributed by atoms with Gasteiger partial charge in [-0.05, 0) is 24.1 Å². The second-order valence-electron chi connectivity index (χ2n) is 4.71. The van der Waals surface area contributed by atoms with Gasteiger partial charge in [0, 0.05) is 16.6 Å². The van der Waals surface area contributed by atoms with E-state index >= 15 is 0 Å². The minimum atomic E-state index is -0.377. The summed E-state index contributed by atoms with van der Waals surface area (Å²) in [5.41, 5.74) is 0.894. The number of hydrogen-bond donors (Lipinski definition) is 2. The average Bonchev–Trinajstić information content (AvgIpc) is 2.37. The fourth-order valence-electron chi connectivity index (χ4n) is 1.80. The monoisotopic (exact) mass is 329 g/mol. The van der Waals surface area contributed by atoms with Gasteiger partial charge in [0.2, 0.25) is 5.91 Å². The maximum Gasteiger partial charge on any atom is 0.225 e. The van der Waals surface area contributed by atoms with Gasteiger partial charge in [-0.2, -0.15) is 0 Å². The van der Waals surface area contributed by atoms with Gasteiger partial charge < -0.3 is 15.2 Å². The highest BCUT2D eigenvalue weighted by Crippen LogP contribution is 2.23. The number of nitrogens with one attached hydrogen (secondary N) is 1. The lowest BCUT2D eigenvalue weighted by atomic mass is 9.96. The molecule has 0 bridgehead atoms. The zero-order chi connectivity index (χ0) is 14.4. The van der Waals surface area contributed by atoms with Gasteiger partial charge >= 0.3 is 0 Å². The van der Waals surface area contributed by atoms with Crippen LogP contribution in [0.1, 0.15) is 19.4 Å². The van der Waals surface area contributed by atoms with Gasteiger partial charge in [-0.25, -0.2) is 0 Å². The van der Waals surface area contributed by atoms with E-state index in [4.69, 9.17) is 4.74 Å². The quantitative estimate of drug-likeness (QED) is 0.842. The molecule has 1 aromatic rings. The minimum Gasteiger partial charge on any atom is -0.496 e. The summed E-state index contributed by atoms with van der Waals surface area (Å²) in [5.74, 6) is 0.320. The van der Waals surface area contributed by atoms with Crippen molar-refractivity contribution >= 4 is 21.8 Å². The molecule has 1 atom stereocenters. The zero-order valence-corrected chi connectivity index (χ0v) is 13.0. The second-order valence-corrected chi connectivity index (χ2v) is 5.62. The van der Waals surface area contributed by atoms with Crippen LogP contribution in [0.5, 0.6) is 5.75 Å². The van der Waals surface area contributed by atoms with Crippen LogP contribution in [-0.4, -0.2) is 24.7 Å². The summed E-state index contributed by atoms with van der Waals surface area (Å²) in [6.07, 6.45) is 0. The van der Waals surface area contributed by atoms with Crippen LogP contribution in [-0.2, 0) is 11.3 Å². The summed E-state index contributed by atoms with van der Waals surface area (Å²) >= 11 is 3.39. The summed E-state index contributed by atoms with van der Waals surface area (Å²) in [5, 5.41) is 12.0. The van der Waals surface area contributed by atoms with E-state index in [2.05, 4.69) is 21.2 Å². The molecule has 1 aromatic carbocycles. The van der Waals surface area contributed by atoms with E-state index < -0.39 is 0 Å². The highest BCUT2D eigenvalue weighted by Gasteiger charge is 2.21. The number of carbonyl (C=O) groups is 1. The fourth-order valence-corrected chi connectivity index (χ4v) is 2.20. The van der Waals surface area contributed by atoms with Crippen LogP contribution in [0.2, 0.25) is 0 Å². The minimum absolute atomic E-state index is 0.106. The molecule has 0 aromatic heterocycles. The van der Waals surface area contributed by atoms with Crippen molar-refractivity contribution in [2.75, 3.05) is 13.7 Å². The third-order valence-corrected chi connectivity index (χ3v) is 3.53. The van der Waals surface area contributed by atoms with Crippen LogP contribution in [0.25, 0.3) is 0 Å². The summed E-state index contributed by atoms with van der Waals surface area (Å²) in [6.45, 7) is 4.07. The second kappa shape index (κ2) is 7.50. The Morgan fingerprint density at radius 1 is 1.47 bits per heavy atom. The molecule has 5 heteroatoms. The third-order valence-electron chi connectivity index (χ3n) is 3.03. The predicted molar refractivity (Wildman–Crippen MR) is 78.0 cm³/mol. The topological polar surface area (TPSA) is 58.6 Å². The van der Waals surface area contributed by atoms with Gasteiger partial charge in [-0.3, -0.25) is 4.79 Å². The number of carbonyl (C=O) groups excluding carboxylic acids is 1. The molecular weight excluding hydrogens is 310 g/mol. The largest absolute Gasteiger partial charge is 0.496 e. The highest BCUT2D eigenvalue weighted by molar-refractivity contribution is 9.10. The Morgan fingerprint density at radius 3 is 2.68 bits per heavy atom. The molecule has 0 saturated carbocycles. The summed E-state index contributed by atoms with van der Waals surface area (Å²) < 4.78 is 6.18. The molecule has 4 nitrogen and oxygen atoms in total. The van der Waals surface area contributed by atoms with Crippen LogP contribution >= 0.6 is 15.9 Å². The lowest BCUT2D eigenvalue weighted by Gasteiger charge is -2.18. The number of aliphatic hydroxyl groups is 1. The normalized spacial score (nSPS) is 12.3. The van der Waals surface area contributed by atoms with E-state index in [1.807, 2.05) is 32.0 Å². The van der Waals surface area contributed by atoms with Gasteiger partial charge in [0.1, 0.15) is 5.75 Å². The van der Waals surface area contributed by atoms with E-state index in [1.165, 1.54) is 0 Å². The standard InChI is InChI=1S/C14H20BrNO3/c1-9(2)12(8-17)14(18)16-7-10-6-11(15)4-5-13(10)19-3/h4-6,9,12,17H,7-8H2,1-3H3,(H,16,18). The maximum atomic E-state index is 11.9. The summed E-state index contributed by atoms with van der Waals surface area (Å²) in [4.78, 5) is 11.9. The molecule has 2 N–H and O–H groups in total. The molecule has 0 aliphatic rings. The molecular formula is C14H20BrNO3. The Labute approximate surface area is 122 Å². The molecule has 1 unspecified atom stereocenters. The van der Waals surface area contributed by atoms with Crippen molar-refractivity contribution < 1.29 is 14.6 Å². The number of methoxy groups -OCH3 is 1. The molecule has 0 spiro atoms. The van der Waals surface area contributed by atoms with Gasteiger partial charge in [0.05, 0.1) is 19.6 Å². The van der Waals surface area contributed by atoms with E-state index in [0.29, 0.717) is 6.54 Å². The van der Waals surface area contributed by atoms with Crippen molar-refractivity contribution in [3.05, 3.63) is 28.2 Å². The Morgan fingerprint density at radius 2 is 2.16 bits per heavy atom. The van der Waals surface area contributed by atoms with E-state index in [0.717, 1.165) is 15.8 Å². The Hall–Kier alpha value is -1.07. The molecule has 0 aliphatic carbocycles. The molecule has 1 amide bonds. The Bertz CT molecular complexity index is 435. The zero-order valence-electron chi connectivity index (χ0n) is 11.4. The molecule has 0 radical (unpaired) electrons. The van der Waals surface area contributed by atoms with E-state index in [-0.39, 0.29) is 24.3 Å². The van der Waals surface area contributed by atoms with Gasteiger partial charge in [-0.1, -0.05) is 29.8 Å². The lowest BCUT2D eigenvalue weighted by molar-refractivity contribution is -0.127. The van der Waals surface area contributed by atoms with Crippen LogP contribution in [0.4, 0.5) is 0 Å². The van der Waals surface area contributed by atoms with Crippen molar-refractivity contribution in [3.63, 3.8) is 0 Å². The number of aliphatic hydroxyl groups excluding tert-OH is 1. The maximum absolute atomic E-state index is 11.9. The highest BCUT2D eigenvalue weighted by atomic mass is 79.9. The van der Waals surface area contributed by atoms with E-state index in [1.54, 1.807) is 7.11 Å². The van der Waals surface area contributed by atoms with Crippen molar-refractivity contribution in [2.24, 2.45) is 11.8 Å². The van der Waals surface area contributed by atoms with Crippen LogP contribution < -0.4 is 10.1 Å². The summed E-state index contributed by atoms with van der Waals surface area (Å²) in [6, 6.07) is 5.63. The molecule has 19 heavy (non-hydrogen) atoms. The van der Waals surface area contributed by atoms with E-state index in [9.17, 15) is 9.90 Å². The Balaban J connectivity index is 2.71. The number of rotatable bonds is 6. The molecule has 0 fully saturated rings. The first-order valence-electron chi connectivity index (χ1n) is 6.20. The van der Waals surface area contributed by atoms with Crippen LogP contribution in [0.15, 0.2) is 22.7 Å². The van der Waals surface area contributed by atoms with Gasteiger partial charge in [0.25, 0.3) is 0 Å². The van der Waals surface area contributed by atoms with Crippen LogP contribution in [0, 0.1) is 11.8 Å². The number of halogens is 1. The lowest BCUT2D eigenvalue weighted by Crippen LogP contribution is -2.35. The first-order chi connectivity index (χ1) is 8.99. The van der Waals surface area contributed by atoms with Crippen molar-refractivity contribution in [1.29, 1.82) is 0 Å². The SMILES string of the molecule is COc1ccc(Br)cc1CNC(=O)C(CO)C(C)C. The number of amides is 1. The first kappa shape index (κ1) is 16.0. The number of benzene rings is 1. The molecule has 0 saturated heterocycles. The number of hydrogen-bond acceptors (Lipinski definition) is 3. The molecule has 1 rings (SSSR count).